The van der Waals surface area contributed by atoms with Gasteiger partial charge in [-0.15, -0.1) is 0 Å². The topological polar surface area (TPSA) is 42.3 Å². The molecule has 5 nitrogen and oxygen atoms in total. The normalized spacial score (nSPS) is 22.7. The van der Waals surface area contributed by atoms with Crippen LogP contribution in [0.15, 0.2) is 66.9 Å². The number of benzene rings is 2. The Kier molecular flexibility index (Phi) is 5.82. The molecule has 2 heterocycles. The average molecular weight is 403 g/mol. The van der Waals surface area contributed by atoms with Gasteiger partial charge in [-0.2, -0.15) is 5.10 Å². The van der Waals surface area contributed by atoms with E-state index < -0.39 is 0 Å². The van der Waals surface area contributed by atoms with Crippen LogP contribution in [0.5, 0.6) is 11.5 Å². The van der Waals surface area contributed by atoms with E-state index in [9.17, 15) is 0 Å². The zero-order valence-electron chi connectivity index (χ0n) is 17.4. The van der Waals surface area contributed by atoms with E-state index in [1.54, 1.807) is 0 Å². The van der Waals surface area contributed by atoms with Crippen LogP contribution in [0, 0.1) is 0 Å². The highest BCUT2D eigenvalue weighted by atomic mass is 16.5. The maximum atomic E-state index is 5.90. The fourth-order valence-corrected chi connectivity index (χ4v) is 4.75. The van der Waals surface area contributed by atoms with Crippen LogP contribution in [0.2, 0.25) is 0 Å². The van der Waals surface area contributed by atoms with Gasteiger partial charge >= 0.3 is 0 Å². The van der Waals surface area contributed by atoms with Gasteiger partial charge in [0, 0.05) is 44.0 Å². The van der Waals surface area contributed by atoms with Crippen molar-refractivity contribution >= 4 is 0 Å². The number of ether oxygens (including phenoxy) is 1. The van der Waals surface area contributed by atoms with Crippen molar-refractivity contribution in [2.45, 2.75) is 37.8 Å². The minimum atomic E-state index is 0.526. The molecule has 0 radical (unpaired) electrons. The minimum absolute atomic E-state index is 0.526. The third-order valence-electron chi connectivity index (χ3n) is 6.45. The molecule has 5 rings (SSSR count). The summed E-state index contributed by atoms with van der Waals surface area (Å²) in [6.07, 6.45) is 7.16. The Balaban J connectivity index is 1.19. The van der Waals surface area contributed by atoms with E-state index >= 15 is 0 Å². The van der Waals surface area contributed by atoms with Gasteiger partial charge in [-0.25, -0.2) is 0 Å². The molecule has 0 bridgehead atoms. The highest BCUT2D eigenvalue weighted by molar-refractivity contribution is 5.59. The number of rotatable bonds is 5. The van der Waals surface area contributed by atoms with E-state index in [0.29, 0.717) is 6.04 Å². The Morgan fingerprint density at radius 1 is 0.767 bits per heavy atom. The van der Waals surface area contributed by atoms with Crippen molar-refractivity contribution in [2.75, 3.05) is 26.2 Å². The smallest absolute Gasteiger partial charge is 0.127 e. The van der Waals surface area contributed by atoms with Crippen molar-refractivity contribution in [3.63, 3.8) is 0 Å². The number of nitrogens with zero attached hydrogens (tertiary/aromatic N) is 3. The Labute approximate surface area is 178 Å². The Morgan fingerprint density at radius 3 is 2.17 bits per heavy atom. The van der Waals surface area contributed by atoms with E-state index in [1.165, 1.54) is 38.8 Å². The number of hydrogen-bond acceptors (Lipinski definition) is 4. The average Bonchev–Trinajstić information content (AvgIpc) is 3.31. The summed E-state index contributed by atoms with van der Waals surface area (Å²) in [6, 6.07) is 21.5. The first-order chi connectivity index (χ1) is 14.8. The second-order valence-electron chi connectivity index (χ2n) is 8.37. The molecule has 1 saturated heterocycles. The zero-order valence-corrected chi connectivity index (χ0v) is 17.4. The lowest BCUT2D eigenvalue weighted by molar-refractivity contribution is 0.121. The van der Waals surface area contributed by atoms with Crippen LogP contribution in [0.3, 0.4) is 0 Å². The molecule has 2 aliphatic rings. The third-order valence-corrected chi connectivity index (χ3v) is 6.45. The van der Waals surface area contributed by atoms with Crippen LogP contribution in [0.25, 0.3) is 11.3 Å². The van der Waals surface area contributed by atoms with Gasteiger partial charge in [0.2, 0.25) is 0 Å². The fourth-order valence-electron chi connectivity index (χ4n) is 4.75. The summed E-state index contributed by atoms with van der Waals surface area (Å²) in [4.78, 5) is 2.68. The molecule has 1 saturated carbocycles. The van der Waals surface area contributed by atoms with Crippen LogP contribution < -0.4 is 10.1 Å². The predicted molar refractivity (Wildman–Crippen MR) is 120 cm³/mol. The highest BCUT2D eigenvalue weighted by Crippen LogP contribution is 2.32. The molecule has 2 aromatic carbocycles. The summed E-state index contributed by atoms with van der Waals surface area (Å²) in [5.74, 6) is 1.70. The predicted octanol–water partition coefficient (Wildman–Crippen LogP) is 4.73. The minimum Gasteiger partial charge on any atom is -0.457 e. The van der Waals surface area contributed by atoms with Crippen LogP contribution in [-0.4, -0.2) is 46.9 Å². The van der Waals surface area contributed by atoms with Crippen molar-refractivity contribution in [1.29, 1.82) is 0 Å². The lowest BCUT2D eigenvalue weighted by Gasteiger charge is -2.39. The number of hydrogen-bond donors (Lipinski definition) is 1. The van der Waals surface area contributed by atoms with Crippen LogP contribution in [-0.2, 0) is 0 Å². The van der Waals surface area contributed by atoms with Gasteiger partial charge < -0.3 is 10.1 Å². The summed E-state index contributed by atoms with van der Waals surface area (Å²) >= 11 is 0. The van der Waals surface area contributed by atoms with Gasteiger partial charge in [0.15, 0.2) is 0 Å². The molecule has 2 fully saturated rings. The van der Waals surface area contributed by atoms with E-state index in [4.69, 9.17) is 9.84 Å². The van der Waals surface area contributed by atoms with Crippen LogP contribution in [0.1, 0.15) is 31.7 Å². The summed E-state index contributed by atoms with van der Waals surface area (Å²) in [7, 11) is 0. The molecule has 1 aliphatic heterocycles. The van der Waals surface area contributed by atoms with Gasteiger partial charge in [-0.05, 0) is 68.1 Å². The third kappa shape index (κ3) is 4.42. The molecule has 3 aromatic rings. The van der Waals surface area contributed by atoms with Gasteiger partial charge in [-0.3, -0.25) is 9.58 Å². The van der Waals surface area contributed by atoms with Gasteiger partial charge in [0.05, 0.1) is 11.7 Å². The van der Waals surface area contributed by atoms with Crippen LogP contribution in [0.4, 0.5) is 0 Å². The van der Waals surface area contributed by atoms with Gasteiger partial charge in [0.25, 0.3) is 0 Å². The van der Waals surface area contributed by atoms with Crippen molar-refractivity contribution < 1.29 is 4.74 Å². The van der Waals surface area contributed by atoms with E-state index in [-0.39, 0.29) is 0 Å². The summed E-state index contributed by atoms with van der Waals surface area (Å²) in [5.41, 5.74) is 2.16. The molecule has 1 aliphatic carbocycles. The van der Waals surface area contributed by atoms with Gasteiger partial charge in [-0.1, -0.05) is 18.2 Å². The Bertz CT molecular complexity index is 923. The molecule has 1 aromatic heterocycles. The lowest BCUT2D eigenvalue weighted by atomic mass is 9.90. The number of piperazine rings is 1. The second kappa shape index (κ2) is 9.02. The van der Waals surface area contributed by atoms with Crippen molar-refractivity contribution in [3.8, 4) is 22.8 Å². The molecule has 30 heavy (non-hydrogen) atoms. The molecular formula is C25H30N4O. The second-order valence-corrected chi connectivity index (χ2v) is 8.37. The number of para-hydroxylation sites is 1. The lowest BCUT2D eigenvalue weighted by Crippen LogP contribution is -2.49. The van der Waals surface area contributed by atoms with E-state index in [0.717, 1.165) is 41.9 Å². The first-order valence-corrected chi connectivity index (χ1v) is 11.2. The number of aromatic nitrogens is 2. The monoisotopic (exact) mass is 402 g/mol. The summed E-state index contributed by atoms with van der Waals surface area (Å²) in [5, 5.41) is 8.37. The van der Waals surface area contributed by atoms with Crippen molar-refractivity contribution in [2.24, 2.45) is 0 Å². The van der Waals surface area contributed by atoms with Crippen molar-refractivity contribution in [3.05, 3.63) is 66.9 Å². The molecule has 0 atom stereocenters. The largest absolute Gasteiger partial charge is 0.457 e. The molecular weight excluding hydrogens is 372 g/mol. The Morgan fingerprint density at radius 2 is 1.43 bits per heavy atom. The standard InChI is InChI=1S/C25H30N4O/c1-2-4-23(5-3-1)30-24-12-6-20(7-13-24)25-14-17-29(27-25)22-10-8-21(9-11-22)28-18-15-26-16-19-28/h1-7,12-14,17,21-22,26H,8-11,15-16,18-19H2. The van der Waals surface area contributed by atoms with Crippen molar-refractivity contribution in [1.82, 2.24) is 20.0 Å². The SMILES string of the molecule is c1ccc(Oc2ccc(-c3ccn(C4CCC(N5CCNCC5)CC4)n3)cc2)cc1. The first-order valence-electron chi connectivity index (χ1n) is 11.2. The molecule has 0 spiro atoms. The molecule has 0 unspecified atom stereocenters. The summed E-state index contributed by atoms with van der Waals surface area (Å²) in [6.45, 7) is 4.67. The quantitative estimate of drug-likeness (QED) is 0.670. The van der Waals surface area contributed by atoms with Crippen LogP contribution >= 0.6 is 0 Å². The highest BCUT2D eigenvalue weighted by Gasteiger charge is 2.27. The molecule has 5 heteroatoms. The molecule has 156 valence electrons. The Hall–Kier alpha value is -2.63. The molecule has 0 amide bonds. The zero-order chi connectivity index (χ0) is 20.2. The summed E-state index contributed by atoms with van der Waals surface area (Å²) < 4.78 is 8.09. The maximum Gasteiger partial charge on any atom is 0.127 e. The molecule has 1 N–H and O–H groups in total. The maximum absolute atomic E-state index is 5.90. The number of nitrogens with one attached hydrogen (secondary N) is 1. The van der Waals surface area contributed by atoms with E-state index in [1.807, 2.05) is 42.5 Å². The van der Waals surface area contributed by atoms with Gasteiger partial charge in [0.1, 0.15) is 11.5 Å². The van der Waals surface area contributed by atoms with E-state index in [2.05, 4.69) is 39.3 Å². The first kappa shape index (κ1) is 19.3. The fraction of sp³-hybridized carbons (Fsp3) is 0.400.